The topological polar surface area (TPSA) is 139 Å². The lowest BCUT2D eigenvalue weighted by Crippen LogP contribution is -2.29. The Morgan fingerprint density at radius 3 is 2.37 bits per heavy atom. The molecule has 8 rings (SSSR count). The zero-order chi connectivity index (χ0) is 37.5. The highest BCUT2D eigenvalue weighted by Crippen LogP contribution is 2.52. The number of hydrogen-bond donors (Lipinski definition) is 3. The average molecular weight is 722 g/mol. The fourth-order valence-electron chi connectivity index (χ4n) is 6.78. The van der Waals surface area contributed by atoms with Gasteiger partial charge in [-0.3, -0.25) is 10.1 Å². The number of benzene rings is 3. The summed E-state index contributed by atoms with van der Waals surface area (Å²) in [6.07, 6.45) is 8.29. The van der Waals surface area contributed by atoms with Gasteiger partial charge in [0.2, 0.25) is 0 Å². The number of urea groups is 1. The molecule has 1 saturated carbocycles. The average Bonchev–Trinajstić information content (AvgIpc) is 3.57. The van der Waals surface area contributed by atoms with Crippen LogP contribution in [0.3, 0.4) is 0 Å². The van der Waals surface area contributed by atoms with Crippen molar-refractivity contribution < 1.29 is 14.3 Å². The first kappa shape index (κ1) is 34.8. The highest BCUT2D eigenvalue weighted by atomic mass is 16.5. The Morgan fingerprint density at radius 1 is 0.852 bits per heavy atom. The van der Waals surface area contributed by atoms with Crippen LogP contribution >= 0.6 is 0 Å². The van der Waals surface area contributed by atoms with Gasteiger partial charge in [-0.15, -0.1) is 0 Å². The predicted molar refractivity (Wildman–Crippen MR) is 210 cm³/mol. The Kier molecular flexibility index (Phi) is 8.96. The fourth-order valence-corrected chi connectivity index (χ4v) is 6.78. The predicted octanol–water partition coefficient (Wildman–Crippen LogP) is 8.41. The fraction of sp³-hybridized carbons (Fsp3) is 0.286. The van der Waals surface area contributed by atoms with Crippen LogP contribution in [0.15, 0.2) is 97.5 Å². The second-order valence-electron chi connectivity index (χ2n) is 15.4. The van der Waals surface area contributed by atoms with Gasteiger partial charge in [0.25, 0.3) is 5.91 Å². The van der Waals surface area contributed by atoms with Gasteiger partial charge >= 0.3 is 6.03 Å². The Bertz CT molecular complexity index is 2340. The molecular weight excluding hydrogens is 679 g/mol. The number of anilines is 4. The van der Waals surface area contributed by atoms with E-state index >= 15 is 0 Å². The maximum Gasteiger partial charge on any atom is 0.324 e. The SMILES string of the molecule is Cc1ccc(-n2nc(C(C)(C)C)cc2NC(=O)Nc2ccc(OCc3ccnc(Nc4cnc(C(=O)N5CCC6(CC6)C5)cn4)c3)c3ccccc23)cc1. The van der Waals surface area contributed by atoms with Crippen molar-refractivity contribution in [2.75, 3.05) is 29.0 Å². The number of rotatable bonds is 9. The molecule has 0 atom stereocenters. The Morgan fingerprint density at radius 2 is 1.65 bits per heavy atom. The molecule has 0 unspecified atom stereocenters. The number of nitrogens with one attached hydrogen (secondary N) is 3. The number of hydrogen-bond acceptors (Lipinski definition) is 8. The van der Waals surface area contributed by atoms with E-state index in [-0.39, 0.29) is 24.0 Å². The lowest BCUT2D eigenvalue weighted by Gasteiger charge is -2.15. The highest BCUT2D eigenvalue weighted by molar-refractivity contribution is 6.07. The first-order valence-electron chi connectivity index (χ1n) is 18.3. The van der Waals surface area contributed by atoms with Crippen LogP contribution in [0.25, 0.3) is 16.5 Å². The monoisotopic (exact) mass is 721 g/mol. The first-order valence-corrected chi connectivity index (χ1v) is 18.3. The summed E-state index contributed by atoms with van der Waals surface area (Å²) in [5.41, 5.74) is 4.90. The summed E-state index contributed by atoms with van der Waals surface area (Å²) in [7, 11) is 0. The van der Waals surface area contributed by atoms with E-state index in [0.717, 1.165) is 52.8 Å². The molecule has 4 heterocycles. The molecule has 12 heteroatoms. The number of carbonyl (C=O) groups is 2. The van der Waals surface area contributed by atoms with Gasteiger partial charge in [0.15, 0.2) is 0 Å². The molecule has 54 heavy (non-hydrogen) atoms. The summed E-state index contributed by atoms with van der Waals surface area (Å²) in [4.78, 5) is 41.5. The van der Waals surface area contributed by atoms with E-state index in [9.17, 15) is 9.59 Å². The van der Waals surface area contributed by atoms with Crippen molar-refractivity contribution in [3.8, 4) is 11.4 Å². The molecule has 1 aliphatic heterocycles. The van der Waals surface area contributed by atoms with Gasteiger partial charge in [0.1, 0.15) is 35.5 Å². The molecular formula is C42H43N9O3. The second-order valence-corrected chi connectivity index (χ2v) is 15.4. The van der Waals surface area contributed by atoms with E-state index < -0.39 is 0 Å². The molecule has 3 aromatic carbocycles. The number of likely N-dealkylation sites (tertiary alicyclic amines) is 1. The molecule has 3 amide bonds. The van der Waals surface area contributed by atoms with Crippen LogP contribution in [-0.4, -0.2) is 54.7 Å². The summed E-state index contributed by atoms with van der Waals surface area (Å²) in [6, 6.07) is 24.8. The van der Waals surface area contributed by atoms with Gasteiger partial charge in [0, 0.05) is 41.5 Å². The first-order chi connectivity index (χ1) is 26.0. The lowest BCUT2D eigenvalue weighted by atomic mass is 9.92. The number of amides is 3. The summed E-state index contributed by atoms with van der Waals surface area (Å²) >= 11 is 0. The normalized spacial score (nSPS) is 14.6. The highest BCUT2D eigenvalue weighted by Gasteiger charge is 2.49. The molecule has 12 nitrogen and oxygen atoms in total. The van der Waals surface area contributed by atoms with Crippen LogP contribution in [0.1, 0.15) is 67.3 Å². The van der Waals surface area contributed by atoms with Crippen molar-refractivity contribution in [1.82, 2.24) is 29.6 Å². The van der Waals surface area contributed by atoms with E-state index in [0.29, 0.717) is 40.0 Å². The Hall–Kier alpha value is -6.30. The number of aromatic nitrogens is 5. The summed E-state index contributed by atoms with van der Waals surface area (Å²) < 4.78 is 8.08. The molecule has 1 spiro atoms. The molecule has 6 aromatic rings. The van der Waals surface area contributed by atoms with E-state index in [1.807, 2.05) is 90.7 Å². The number of fused-ring (bicyclic) bond motifs is 1. The molecule has 1 aliphatic carbocycles. The van der Waals surface area contributed by atoms with Crippen LogP contribution < -0.4 is 20.7 Å². The minimum atomic E-state index is -0.386. The number of pyridine rings is 1. The van der Waals surface area contributed by atoms with Gasteiger partial charge in [-0.05, 0) is 73.6 Å². The van der Waals surface area contributed by atoms with Crippen LogP contribution in [0, 0.1) is 12.3 Å². The lowest BCUT2D eigenvalue weighted by molar-refractivity contribution is 0.0779. The third-order valence-electron chi connectivity index (χ3n) is 10.2. The molecule has 3 N–H and O–H groups in total. The van der Waals surface area contributed by atoms with Crippen molar-refractivity contribution in [3.63, 3.8) is 0 Å². The van der Waals surface area contributed by atoms with Gasteiger partial charge in [-0.1, -0.05) is 62.7 Å². The van der Waals surface area contributed by atoms with Gasteiger partial charge in [0.05, 0.1) is 29.5 Å². The minimum absolute atomic E-state index is 0.0635. The van der Waals surface area contributed by atoms with E-state index in [4.69, 9.17) is 9.84 Å². The summed E-state index contributed by atoms with van der Waals surface area (Å²) in [5.74, 6) is 2.25. The molecule has 2 aliphatic rings. The second kappa shape index (κ2) is 13.9. The van der Waals surface area contributed by atoms with E-state index in [1.54, 1.807) is 17.1 Å². The number of carbonyl (C=O) groups excluding carboxylic acids is 2. The number of ether oxygens (including phenoxy) is 1. The minimum Gasteiger partial charge on any atom is -0.488 e. The third kappa shape index (κ3) is 7.45. The molecule has 1 saturated heterocycles. The molecule has 274 valence electrons. The Labute approximate surface area is 314 Å². The standard InChI is InChI=1S/C42H43N9O3/c1-27-9-11-29(12-10-27)51-38(22-35(49-51)41(2,3)4)48-40(53)46-32-13-14-34(31-8-6-5-7-30(31)32)54-25-28-15-19-43-36(21-28)47-37-24-44-33(23-45-37)39(52)50-20-18-42(26-50)16-17-42/h5-15,19,21-24H,16-18,20,25-26H2,1-4H3,(H,43,45,47)(H2,46,48,53). The van der Waals surface area contributed by atoms with Crippen molar-refractivity contribution in [3.05, 3.63) is 120 Å². The largest absolute Gasteiger partial charge is 0.488 e. The van der Waals surface area contributed by atoms with Crippen molar-refractivity contribution in [2.45, 2.75) is 59.0 Å². The zero-order valence-electron chi connectivity index (χ0n) is 30.9. The maximum atomic E-state index is 13.5. The molecule has 0 radical (unpaired) electrons. The third-order valence-corrected chi connectivity index (χ3v) is 10.2. The number of nitrogens with zero attached hydrogens (tertiary/aromatic N) is 6. The van der Waals surface area contributed by atoms with Crippen LogP contribution in [0.5, 0.6) is 5.75 Å². The van der Waals surface area contributed by atoms with Gasteiger partial charge in [-0.25, -0.2) is 24.4 Å². The van der Waals surface area contributed by atoms with Crippen LogP contribution in [0.4, 0.5) is 27.9 Å². The zero-order valence-corrected chi connectivity index (χ0v) is 30.9. The molecule has 2 fully saturated rings. The molecule has 3 aromatic heterocycles. The summed E-state index contributed by atoms with van der Waals surface area (Å²) in [6.45, 7) is 10.2. The van der Waals surface area contributed by atoms with Crippen molar-refractivity contribution >= 4 is 45.9 Å². The summed E-state index contributed by atoms with van der Waals surface area (Å²) in [5, 5.41) is 15.8. The van der Waals surface area contributed by atoms with E-state index in [2.05, 4.69) is 51.7 Å². The van der Waals surface area contributed by atoms with Crippen molar-refractivity contribution in [1.29, 1.82) is 0 Å². The van der Waals surface area contributed by atoms with E-state index in [1.165, 1.54) is 19.0 Å². The van der Waals surface area contributed by atoms with Gasteiger partial charge < -0.3 is 20.3 Å². The number of aryl methyl sites for hydroxylation is 1. The van der Waals surface area contributed by atoms with Gasteiger partial charge in [-0.2, -0.15) is 5.10 Å². The Balaban J connectivity index is 0.926. The van der Waals surface area contributed by atoms with Crippen LogP contribution in [0.2, 0.25) is 0 Å². The smallest absolute Gasteiger partial charge is 0.324 e. The molecule has 0 bridgehead atoms. The van der Waals surface area contributed by atoms with Crippen molar-refractivity contribution in [2.24, 2.45) is 5.41 Å². The van der Waals surface area contributed by atoms with Crippen LogP contribution in [-0.2, 0) is 12.0 Å². The maximum absolute atomic E-state index is 13.5. The quantitative estimate of drug-likeness (QED) is 0.135.